The third kappa shape index (κ3) is 4.31. The van der Waals surface area contributed by atoms with Crippen LogP contribution in [-0.2, 0) is 15.3 Å². The van der Waals surface area contributed by atoms with Crippen LogP contribution in [0.5, 0.6) is 17.2 Å². The van der Waals surface area contributed by atoms with Crippen LogP contribution in [0.4, 0.5) is 0 Å². The zero-order chi connectivity index (χ0) is 19.7. The van der Waals surface area contributed by atoms with Crippen molar-refractivity contribution in [2.24, 2.45) is 0 Å². The van der Waals surface area contributed by atoms with Crippen molar-refractivity contribution in [3.8, 4) is 17.2 Å². The van der Waals surface area contributed by atoms with Crippen LogP contribution in [0.3, 0.4) is 0 Å². The molecule has 0 fully saturated rings. The number of rotatable bonds is 4. The van der Waals surface area contributed by atoms with Crippen LogP contribution in [-0.4, -0.2) is 13.5 Å². The van der Waals surface area contributed by atoms with Gasteiger partial charge in [0.05, 0.1) is 9.79 Å². The van der Waals surface area contributed by atoms with Crippen molar-refractivity contribution >= 4 is 9.84 Å². The molecule has 5 heteroatoms. The minimum absolute atomic E-state index is 0.0283. The van der Waals surface area contributed by atoms with Gasteiger partial charge in [0, 0.05) is 12.1 Å². The maximum absolute atomic E-state index is 12.8. The van der Waals surface area contributed by atoms with E-state index in [4.69, 9.17) is 9.84 Å². The Labute approximate surface area is 160 Å². The fraction of sp³-hybridized carbons (Fsp3) is 0.182. The molecule has 0 heterocycles. The number of hydrogen-bond acceptors (Lipinski definition) is 3. The molecule has 0 saturated carbocycles. The van der Waals surface area contributed by atoms with Gasteiger partial charge in [0.25, 0.3) is 5.75 Å². The fourth-order valence-corrected chi connectivity index (χ4v) is 3.88. The van der Waals surface area contributed by atoms with E-state index in [1.807, 2.05) is 12.1 Å². The molecule has 0 atom stereocenters. The van der Waals surface area contributed by atoms with E-state index < -0.39 is 9.84 Å². The van der Waals surface area contributed by atoms with Crippen molar-refractivity contribution in [3.63, 3.8) is 0 Å². The number of ether oxygens (including phenoxy) is 1. The molecule has 0 radical (unpaired) electrons. The molecule has 0 unspecified atom stereocenters. The Balaban J connectivity index is 1.82. The van der Waals surface area contributed by atoms with Gasteiger partial charge in [0.15, 0.2) is 0 Å². The summed E-state index contributed by atoms with van der Waals surface area (Å²) in [4.78, 5) is 0.495. The molecule has 0 aromatic heterocycles. The standard InChI is InChI=1S/C22H22O4S/c1-22(2,3)16-4-12-20(13-5-16)27(24,25)21-14-10-19(11-15-21)26-18-8-6-17(23)7-9-18/h4-15,23H,1-3H3/p+1. The van der Waals surface area contributed by atoms with Crippen LogP contribution in [0.25, 0.3) is 0 Å². The Bertz CT molecular complexity index is 1010. The summed E-state index contributed by atoms with van der Waals surface area (Å²) in [5.41, 5.74) is 1.06. The minimum Gasteiger partial charge on any atom is -0.593 e. The monoisotopic (exact) mass is 383 g/mol. The highest BCUT2D eigenvalue weighted by Crippen LogP contribution is 2.28. The van der Waals surface area contributed by atoms with Crippen LogP contribution in [0.1, 0.15) is 26.3 Å². The Hall–Kier alpha value is -2.79. The first-order valence-electron chi connectivity index (χ1n) is 8.61. The molecule has 0 aliphatic rings. The predicted molar refractivity (Wildman–Crippen MR) is 107 cm³/mol. The van der Waals surface area contributed by atoms with Gasteiger partial charge in [-0.15, -0.1) is 0 Å². The Morgan fingerprint density at radius 3 is 1.56 bits per heavy atom. The molecule has 0 aliphatic heterocycles. The molecule has 3 aromatic carbocycles. The average Bonchev–Trinajstić information content (AvgIpc) is 2.63. The van der Waals surface area contributed by atoms with E-state index in [0.717, 1.165) is 5.56 Å². The molecular weight excluding hydrogens is 360 g/mol. The molecule has 4 nitrogen and oxygen atoms in total. The fourth-order valence-electron chi connectivity index (χ4n) is 2.62. The first-order chi connectivity index (χ1) is 12.7. The summed E-state index contributed by atoms with van der Waals surface area (Å²) in [5, 5.41) is 7.48. The molecular formula is C22H23O4S+. The highest BCUT2D eigenvalue weighted by Gasteiger charge is 2.19. The van der Waals surface area contributed by atoms with Crippen molar-refractivity contribution in [2.45, 2.75) is 36.0 Å². The molecule has 0 saturated heterocycles. The van der Waals surface area contributed by atoms with Crippen molar-refractivity contribution in [2.75, 3.05) is 0 Å². The normalized spacial score (nSPS) is 12.0. The van der Waals surface area contributed by atoms with Crippen molar-refractivity contribution in [1.29, 1.82) is 0 Å². The van der Waals surface area contributed by atoms with Crippen LogP contribution >= 0.6 is 0 Å². The van der Waals surface area contributed by atoms with Gasteiger partial charge < -0.3 is 9.84 Å². The minimum atomic E-state index is -3.58. The van der Waals surface area contributed by atoms with Crippen LogP contribution in [0.15, 0.2) is 82.6 Å². The van der Waals surface area contributed by atoms with Gasteiger partial charge in [-0.05, 0) is 59.5 Å². The van der Waals surface area contributed by atoms with Gasteiger partial charge in [-0.3, -0.25) is 0 Å². The third-order valence-electron chi connectivity index (χ3n) is 4.25. The van der Waals surface area contributed by atoms with Gasteiger partial charge in [-0.1, -0.05) is 32.9 Å². The highest BCUT2D eigenvalue weighted by molar-refractivity contribution is 7.91. The second-order valence-electron chi connectivity index (χ2n) is 7.38. The maximum atomic E-state index is 12.8. The lowest BCUT2D eigenvalue weighted by molar-refractivity contribution is 0.464. The number of benzene rings is 3. The van der Waals surface area contributed by atoms with Crippen LogP contribution in [0.2, 0.25) is 0 Å². The smallest absolute Gasteiger partial charge is 0.254 e. The van der Waals surface area contributed by atoms with Gasteiger partial charge in [-0.2, -0.15) is 0 Å². The van der Waals surface area contributed by atoms with E-state index in [1.54, 1.807) is 60.7 Å². The lowest BCUT2D eigenvalue weighted by Crippen LogP contribution is -2.11. The lowest BCUT2D eigenvalue weighted by atomic mass is 9.87. The topological polar surface area (TPSA) is 66.3 Å². The van der Waals surface area contributed by atoms with E-state index in [2.05, 4.69) is 20.8 Å². The van der Waals surface area contributed by atoms with Crippen LogP contribution in [0, 0.1) is 0 Å². The molecule has 0 aliphatic carbocycles. The first-order valence-corrected chi connectivity index (χ1v) is 10.1. The second-order valence-corrected chi connectivity index (χ2v) is 9.33. The molecule has 27 heavy (non-hydrogen) atoms. The number of hydrogen-bond donors (Lipinski definition) is 0. The quantitative estimate of drug-likeness (QED) is 0.592. The van der Waals surface area contributed by atoms with E-state index in [0.29, 0.717) is 17.2 Å². The van der Waals surface area contributed by atoms with Gasteiger partial charge in [0.1, 0.15) is 11.5 Å². The molecule has 2 N–H and O–H groups in total. The molecule has 3 rings (SSSR count). The zero-order valence-corrected chi connectivity index (χ0v) is 16.4. The van der Waals surface area contributed by atoms with Crippen LogP contribution < -0.4 is 4.74 Å². The van der Waals surface area contributed by atoms with E-state index in [9.17, 15) is 8.42 Å². The highest BCUT2D eigenvalue weighted by atomic mass is 32.2. The molecule has 140 valence electrons. The van der Waals surface area contributed by atoms with Crippen molar-refractivity contribution < 1.29 is 18.3 Å². The molecule has 0 amide bonds. The van der Waals surface area contributed by atoms with Crippen molar-refractivity contribution in [3.05, 3.63) is 78.4 Å². The summed E-state index contributed by atoms with van der Waals surface area (Å²) in [6, 6.07) is 20.0. The summed E-state index contributed by atoms with van der Waals surface area (Å²) in [6.45, 7) is 6.27. The van der Waals surface area contributed by atoms with E-state index in [1.165, 1.54) is 0 Å². The number of sulfone groups is 1. The van der Waals surface area contributed by atoms with Gasteiger partial charge >= 0.3 is 0 Å². The summed E-state index contributed by atoms with van der Waals surface area (Å²) in [5.74, 6) is 1.54. The second kappa shape index (κ2) is 7.08. The van der Waals surface area contributed by atoms with E-state index in [-0.39, 0.29) is 15.2 Å². The van der Waals surface area contributed by atoms with Gasteiger partial charge in [-0.25, -0.2) is 8.42 Å². The summed E-state index contributed by atoms with van der Waals surface area (Å²) in [7, 11) is -3.58. The lowest BCUT2D eigenvalue weighted by Gasteiger charge is -2.19. The summed E-state index contributed by atoms with van der Waals surface area (Å²) >= 11 is 0. The zero-order valence-electron chi connectivity index (χ0n) is 15.6. The predicted octanol–water partition coefficient (Wildman–Crippen LogP) is 5.05. The SMILES string of the molecule is CC(C)(C)c1ccc(S(=O)(=O)c2ccc(Oc3ccc([OH2+])cc3)cc2)cc1. The summed E-state index contributed by atoms with van der Waals surface area (Å²) < 4.78 is 31.4. The third-order valence-corrected chi connectivity index (χ3v) is 6.04. The Morgan fingerprint density at radius 1 is 0.704 bits per heavy atom. The molecule has 0 bridgehead atoms. The average molecular weight is 383 g/mol. The molecule has 0 spiro atoms. The summed E-state index contributed by atoms with van der Waals surface area (Å²) in [6.07, 6.45) is 0. The van der Waals surface area contributed by atoms with E-state index >= 15 is 0 Å². The van der Waals surface area contributed by atoms with Gasteiger partial charge in [0.2, 0.25) is 9.84 Å². The first kappa shape index (κ1) is 19.0. The molecule has 3 aromatic rings. The Morgan fingerprint density at radius 2 is 1.11 bits per heavy atom. The maximum Gasteiger partial charge on any atom is 0.254 e. The van der Waals surface area contributed by atoms with Crippen molar-refractivity contribution in [1.82, 2.24) is 0 Å². The largest absolute Gasteiger partial charge is 0.593 e. The Kier molecular flexibility index (Phi) is 4.98.